The summed E-state index contributed by atoms with van der Waals surface area (Å²) >= 11 is 0. The van der Waals surface area contributed by atoms with E-state index in [-0.39, 0.29) is 50.0 Å². The standard InChI is InChI=1S/C17H24O5.C16H20O6/c1-12-16(21-10-14-7-5-4-6-8-14)9-15(11-20-13(2)18)22-17(12)19-3;1-11(17)22-15-10-21-14(16(18)19-2)8-13(15)20-9-12-6-4-3-5-7-12/h4-8,12,15-17H,9-11H2,1-3H3;3-7,13-15H,8-10H2,1-2H3/t12?,15?,16-,17+;13-,14?,15?/m11/s1. The maximum Gasteiger partial charge on any atom is 0.335 e. The molecule has 0 bridgehead atoms. The zero-order valence-electron chi connectivity index (χ0n) is 26.0. The molecule has 0 N–H and O–H groups in total. The van der Waals surface area contributed by atoms with Crippen LogP contribution in [0.4, 0.5) is 0 Å². The minimum Gasteiger partial charge on any atom is -0.467 e. The molecular formula is C33H44O11. The second kappa shape index (κ2) is 18.5. The first-order chi connectivity index (χ1) is 21.2. The van der Waals surface area contributed by atoms with Crippen molar-refractivity contribution in [1.29, 1.82) is 0 Å². The fourth-order valence-corrected chi connectivity index (χ4v) is 4.92. The fraction of sp³-hybridized carbons (Fsp3) is 0.545. The first kappa shape index (κ1) is 35.1. The third-order valence-electron chi connectivity index (χ3n) is 7.26. The van der Waals surface area contributed by atoms with Crippen molar-refractivity contribution in [3.05, 3.63) is 71.8 Å². The summed E-state index contributed by atoms with van der Waals surface area (Å²) in [6.07, 6.45) is -1.22. The van der Waals surface area contributed by atoms with Crippen LogP contribution in [-0.2, 0) is 65.5 Å². The third-order valence-corrected chi connectivity index (χ3v) is 7.26. The monoisotopic (exact) mass is 616 g/mol. The smallest absolute Gasteiger partial charge is 0.335 e. The summed E-state index contributed by atoms with van der Waals surface area (Å²) in [6, 6.07) is 19.7. The Kier molecular flexibility index (Phi) is 14.7. The van der Waals surface area contributed by atoms with Crippen molar-refractivity contribution >= 4 is 17.9 Å². The Hall–Kier alpha value is -3.35. The van der Waals surface area contributed by atoms with Crippen LogP contribution in [-0.4, -0.2) is 82.2 Å². The summed E-state index contributed by atoms with van der Waals surface area (Å²) in [4.78, 5) is 33.7. The topological polar surface area (TPSA) is 125 Å². The normalized spacial score (nSPS) is 26.4. The first-order valence-corrected chi connectivity index (χ1v) is 14.7. The Bertz CT molecular complexity index is 1140. The lowest BCUT2D eigenvalue weighted by atomic mass is 9.95. The van der Waals surface area contributed by atoms with Crippen molar-refractivity contribution in [1.82, 2.24) is 0 Å². The molecule has 0 aromatic heterocycles. The highest BCUT2D eigenvalue weighted by Gasteiger charge is 2.38. The zero-order chi connectivity index (χ0) is 31.9. The van der Waals surface area contributed by atoms with Gasteiger partial charge in [-0.2, -0.15) is 0 Å². The van der Waals surface area contributed by atoms with E-state index >= 15 is 0 Å². The number of carbonyl (C=O) groups is 3. The van der Waals surface area contributed by atoms with Crippen molar-refractivity contribution in [2.75, 3.05) is 27.4 Å². The number of hydrogen-bond acceptors (Lipinski definition) is 11. The number of hydrogen-bond donors (Lipinski definition) is 0. The van der Waals surface area contributed by atoms with Gasteiger partial charge in [-0.1, -0.05) is 67.6 Å². The minimum atomic E-state index is -0.697. The minimum absolute atomic E-state index is 0.000496. The Labute approximate surface area is 259 Å². The van der Waals surface area contributed by atoms with Crippen LogP contribution in [0.15, 0.2) is 60.7 Å². The van der Waals surface area contributed by atoms with E-state index in [4.69, 9.17) is 33.2 Å². The summed E-state index contributed by atoms with van der Waals surface area (Å²) < 4.78 is 43.4. The van der Waals surface area contributed by atoms with Crippen LogP contribution in [0.3, 0.4) is 0 Å². The zero-order valence-corrected chi connectivity index (χ0v) is 26.0. The van der Waals surface area contributed by atoms with Crippen LogP contribution in [0.5, 0.6) is 0 Å². The van der Waals surface area contributed by atoms with Gasteiger partial charge in [-0.25, -0.2) is 4.79 Å². The molecule has 242 valence electrons. The number of carbonyl (C=O) groups excluding carboxylic acids is 3. The lowest BCUT2D eigenvalue weighted by Gasteiger charge is -2.39. The molecule has 2 aliphatic rings. The summed E-state index contributed by atoms with van der Waals surface area (Å²) in [7, 11) is 2.92. The summed E-state index contributed by atoms with van der Waals surface area (Å²) in [6.45, 7) is 6.03. The predicted molar refractivity (Wildman–Crippen MR) is 158 cm³/mol. The van der Waals surface area contributed by atoms with Gasteiger partial charge in [-0.15, -0.1) is 0 Å². The lowest BCUT2D eigenvalue weighted by molar-refractivity contribution is -0.249. The molecule has 4 rings (SSSR count). The molecule has 0 aliphatic carbocycles. The molecule has 2 aromatic rings. The molecular weight excluding hydrogens is 572 g/mol. The molecule has 0 amide bonds. The molecule has 7 atom stereocenters. The Morgan fingerprint density at radius 2 is 1.39 bits per heavy atom. The van der Waals surface area contributed by atoms with E-state index in [0.717, 1.165) is 11.1 Å². The summed E-state index contributed by atoms with van der Waals surface area (Å²) in [5.74, 6) is -1.05. The largest absolute Gasteiger partial charge is 0.467 e. The number of benzene rings is 2. The molecule has 2 aliphatic heterocycles. The maximum absolute atomic E-state index is 11.6. The Morgan fingerprint density at radius 1 is 0.795 bits per heavy atom. The summed E-state index contributed by atoms with van der Waals surface area (Å²) in [5.41, 5.74) is 2.14. The van der Waals surface area contributed by atoms with Crippen LogP contribution in [0.1, 0.15) is 44.7 Å². The lowest BCUT2D eigenvalue weighted by Crippen LogP contribution is -2.47. The predicted octanol–water partition coefficient (Wildman–Crippen LogP) is 4.00. The van der Waals surface area contributed by atoms with Gasteiger partial charge in [0.1, 0.15) is 12.7 Å². The molecule has 0 radical (unpaired) electrons. The van der Waals surface area contributed by atoms with Gasteiger partial charge in [0.25, 0.3) is 0 Å². The molecule has 11 heteroatoms. The van der Waals surface area contributed by atoms with Crippen molar-refractivity contribution in [2.24, 2.45) is 5.92 Å². The van der Waals surface area contributed by atoms with E-state index in [9.17, 15) is 14.4 Å². The molecule has 0 spiro atoms. The average Bonchev–Trinajstić information content (AvgIpc) is 3.03. The van der Waals surface area contributed by atoms with E-state index in [1.807, 2.05) is 67.6 Å². The third kappa shape index (κ3) is 11.6. The highest BCUT2D eigenvalue weighted by Crippen LogP contribution is 2.29. The van der Waals surface area contributed by atoms with Gasteiger partial charge in [-0.05, 0) is 11.1 Å². The van der Waals surface area contributed by atoms with Crippen LogP contribution in [0, 0.1) is 5.92 Å². The highest BCUT2D eigenvalue weighted by molar-refractivity contribution is 5.74. The second-order valence-corrected chi connectivity index (χ2v) is 10.7. The molecule has 4 unspecified atom stereocenters. The van der Waals surface area contributed by atoms with Gasteiger partial charge in [0.15, 0.2) is 18.5 Å². The van der Waals surface area contributed by atoms with Crippen molar-refractivity contribution in [3.63, 3.8) is 0 Å². The van der Waals surface area contributed by atoms with Crippen molar-refractivity contribution in [2.45, 2.75) is 83.6 Å². The quantitative estimate of drug-likeness (QED) is 0.269. The van der Waals surface area contributed by atoms with Gasteiger partial charge < -0.3 is 37.9 Å². The number of ether oxygens (including phenoxy) is 8. The van der Waals surface area contributed by atoms with Gasteiger partial charge >= 0.3 is 17.9 Å². The first-order valence-electron chi connectivity index (χ1n) is 14.7. The van der Waals surface area contributed by atoms with Gasteiger partial charge in [0.2, 0.25) is 0 Å². The van der Waals surface area contributed by atoms with Crippen LogP contribution in [0.2, 0.25) is 0 Å². The molecule has 0 saturated carbocycles. The van der Waals surface area contributed by atoms with E-state index in [0.29, 0.717) is 19.6 Å². The number of esters is 3. The Balaban J connectivity index is 0.000000240. The molecule has 44 heavy (non-hydrogen) atoms. The second-order valence-electron chi connectivity index (χ2n) is 10.7. The molecule has 2 fully saturated rings. The fourth-order valence-electron chi connectivity index (χ4n) is 4.92. The molecule has 2 aromatic carbocycles. The molecule has 2 heterocycles. The van der Waals surface area contributed by atoms with Crippen molar-refractivity contribution in [3.8, 4) is 0 Å². The van der Waals surface area contributed by atoms with E-state index in [1.54, 1.807) is 7.11 Å². The number of rotatable bonds is 11. The van der Waals surface area contributed by atoms with Crippen LogP contribution < -0.4 is 0 Å². The van der Waals surface area contributed by atoms with Gasteiger partial charge in [0.05, 0.1) is 39.1 Å². The average molecular weight is 617 g/mol. The van der Waals surface area contributed by atoms with E-state index in [1.165, 1.54) is 21.0 Å². The van der Waals surface area contributed by atoms with Gasteiger partial charge in [0, 0.05) is 39.7 Å². The van der Waals surface area contributed by atoms with Crippen molar-refractivity contribution < 1.29 is 52.3 Å². The number of methoxy groups -OCH3 is 2. The van der Waals surface area contributed by atoms with Gasteiger partial charge in [-0.3, -0.25) is 9.59 Å². The van der Waals surface area contributed by atoms with E-state index in [2.05, 4.69) is 4.74 Å². The van der Waals surface area contributed by atoms with Crippen LogP contribution in [0.25, 0.3) is 0 Å². The SMILES string of the molecule is COC(=O)C1C[C@@H](OCc2ccccc2)C(OC(C)=O)CO1.CO[C@H]1OC(COC(C)=O)C[C@@H](OCc2ccccc2)C1C. The summed E-state index contributed by atoms with van der Waals surface area (Å²) in [5, 5.41) is 0. The molecule has 11 nitrogen and oxygen atoms in total. The molecule has 2 saturated heterocycles. The van der Waals surface area contributed by atoms with E-state index < -0.39 is 30.3 Å². The Morgan fingerprint density at radius 3 is 1.91 bits per heavy atom. The maximum atomic E-state index is 11.6. The highest BCUT2D eigenvalue weighted by atomic mass is 16.7. The van der Waals surface area contributed by atoms with Crippen LogP contribution >= 0.6 is 0 Å².